The fourth-order valence-electron chi connectivity index (χ4n) is 2.06. The largest absolute Gasteiger partial charge is 0.284 e. The van der Waals surface area contributed by atoms with Gasteiger partial charge in [0, 0.05) is 17.6 Å². The maximum absolute atomic E-state index is 12.0. The number of carbonyl (C=O) groups excluding carboxylic acids is 1. The number of hydrogen-bond donors (Lipinski definition) is 1. The van der Waals surface area contributed by atoms with Gasteiger partial charge in [-0.1, -0.05) is 30.4 Å². The molecule has 3 nitrogen and oxygen atoms in total. The third-order valence-corrected chi connectivity index (χ3v) is 3.07. The molecule has 1 aliphatic heterocycles. The summed E-state index contributed by atoms with van der Waals surface area (Å²) in [6, 6.07) is 9.88. The van der Waals surface area contributed by atoms with Crippen LogP contribution in [0.1, 0.15) is 30.6 Å². The van der Waals surface area contributed by atoms with Crippen LogP contribution in [0, 0.1) is 0 Å². The van der Waals surface area contributed by atoms with Crippen molar-refractivity contribution in [3.63, 3.8) is 0 Å². The van der Waals surface area contributed by atoms with Crippen molar-refractivity contribution < 1.29 is 4.79 Å². The summed E-state index contributed by atoms with van der Waals surface area (Å²) in [5.41, 5.74) is 3.67. The van der Waals surface area contributed by atoms with E-state index in [0.717, 1.165) is 6.42 Å². The maximum atomic E-state index is 12.0. The average molecular weight is 230 g/mol. The highest BCUT2D eigenvalue weighted by Crippen LogP contribution is 2.14. The van der Waals surface area contributed by atoms with Gasteiger partial charge in [-0.15, -0.1) is 0 Å². The third kappa shape index (κ3) is 2.74. The Hall–Kier alpha value is -1.61. The van der Waals surface area contributed by atoms with Crippen LogP contribution in [0.3, 0.4) is 0 Å². The number of carbonyl (C=O) groups is 1. The monoisotopic (exact) mass is 230 g/mol. The van der Waals surface area contributed by atoms with Crippen molar-refractivity contribution in [3.05, 3.63) is 48.0 Å². The molecule has 1 amide bonds. The molecule has 0 aromatic heterocycles. The van der Waals surface area contributed by atoms with Gasteiger partial charge in [0.2, 0.25) is 0 Å². The first-order chi connectivity index (χ1) is 8.18. The van der Waals surface area contributed by atoms with Crippen LogP contribution in [0.2, 0.25) is 0 Å². The van der Waals surface area contributed by atoms with Crippen molar-refractivity contribution in [2.24, 2.45) is 0 Å². The van der Waals surface area contributed by atoms with E-state index in [2.05, 4.69) is 31.4 Å². The number of nitrogens with zero attached hydrogens (tertiary/aromatic N) is 1. The maximum Gasteiger partial charge on any atom is 0.265 e. The molecule has 0 radical (unpaired) electrons. The molecule has 90 valence electrons. The van der Waals surface area contributed by atoms with Crippen LogP contribution in [0.25, 0.3) is 0 Å². The normalized spacial score (nSPS) is 24.6. The van der Waals surface area contributed by atoms with E-state index < -0.39 is 0 Å². The van der Waals surface area contributed by atoms with Crippen LogP contribution in [-0.4, -0.2) is 23.0 Å². The zero-order valence-corrected chi connectivity index (χ0v) is 10.3. The topological polar surface area (TPSA) is 32.3 Å². The average Bonchev–Trinajstić information content (AvgIpc) is 2.35. The molecule has 0 aliphatic carbocycles. The molecule has 1 aliphatic rings. The van der Waals surface area contributed by atoms with Gasteiger partial charge < -0.3 is 0 Å². The Morgan fingerprint density at radius 3 is 2.65 bits per heavy atom. The summed E-state index contributed by atoms with van der Waals surface area (Å²) >= 11 is 0. The zero-order chi connectivity index (χ0) is 12.3. The van der Waals surface area contributed by atoms with Gasteiger partial charge in [-0.05, 0) is 32.4 Å². The minimum Gasteiger partial charge on any atom is -0.284 e. The third-order valence-electron chi connectivity index (χ3n) is 3.07. The smallest absolute Gasteiger partial charge is 0.265 e. The highest BCUT2D eigenvalue weighted by molar-refractivity contribution is 5.93. The summed E-state index contributed by atoms with van der Waals surface area (Å²) in [5, 5.41) is 2.01. The van der Waals surface area contributed by atoms with Crippen LogP contribution >= 0.6 is 0 Å². The predicted molar refractivity (Wildman–Crippen MR) is 68.4 cm³/mol. The number of hydrogen-bond acceptors (Lipinski definition) is 2. The van der Waals surface area contributed by atoms with E-state index in [-0.39, 0.29) is 11.9 Å². The van der Waals surface area contributed by atoms with E-state index in [9.17, 15) is 4.79 Å². The summed E-state index contributed by atoms with van der Waals surface area (Å²) in [6.07, 6.45) is 5.26. The fourth-order valence-corrected chi connectivity index (χ4v) is 2.06. The lowest BCUT2D eigenvalue weighted by Crippen LogP contribution is -2.52. The highest BCUT2D eigenvalue weighted by Gasteiger charge is 2.23. The summed E-state index contributed by atoms with van der Waals surface area (Å²) < 4.78 is 0. The van der Waals surface area contributed by atoms with Crippen molar-refractivity contribution in [3.8, 4) is 0 Å². The lowest BCUT2D eigenvalue weighted by Gasteiger charge is -2.35. The van der Waals surface area contributed by atoms with Crippen molar-refractivity contribution in [1.29, 1.82) is 0 Å². The van der Waals surface area contributed by atoms with Gasteiger partial charge >= 0.3 is 0 Å². The minimum absolute atomic E-state index is 0.0420. The van der Waals surface area contributed by atoms with E-state index in [1.165, 1.54) is 0 Å². The van der Waals surface area contributed by atoms with E-state index in [4.69, 9.17) is 0 Å². The Labute approximate surface area is 102 Å². The molecular weight excluding hydrogens is 212 g/mol. The highest BCUT2D eigenvalue weighted by atomic mass is 16.2. The molecule has 0 saturated heterocycles. The lowest BCUT2D eigenvalue weighted by molar-refractivity contribution is 0.0615. The van der Waals surface area contributed by atoms with Gasteiger partial charge in [0.25, 0.3) is 5.91 Å². The van der Waals surface area contributed by atoms with Gasteiger partial charge in [-0.3, -0.25) is 10.2 Å². The van der Waals surface area contributed by atoms with Crippen molar-refractivity contribution >= 4 is 5.91 Å². The Kier molecular flexibility index (Phi) is 3.59. The molecule has 17 heavy (non-hydrogen) atoms. The zero-order valence-electron chi connectivity index (χ0n) is 10.3. The molecule has 1 aromatic carbocycles. The minimum atomic E-state index is -0.0420. The van der Waals surface area contributed by atoms with Gasteiger partial charge in [0.1, 0.15) is 0 Å². The molecule has 2 rings (SSSR count). The molecule has 0 fully saturated rings. The first kappa shape index (κ1) is 11.9. The Morgan fingerprint density at radius 1 is 1.29 bits per heavy atom. The summed E-state index contributed by atoms with van der Waals surface area (Å²) in [6.45, 7) is 4.20. The second-order valence-corrected chi connectivity index (χ2v) is 4.47. The first-order valence-corrected chi connectivity index (χ1v) is 5.99. The van der Waals surface area contributed by atoms with Gasteiger partial charge in [-0.2, -0.15) is 0 Å². The van der Waals surface area contributed by atoms with Gasteiger partial charge in [-0.25, -0.2) is 5.01 Å². The molecule has 1 heterocycles. The number of amides is 1. The van der Waals surface area contributed by atoms with Crippen LogP contribution in [0.5, 0.6) is 0 Å². The summed E-state index contributed by atoms with van der Waals surface area (Å²) in [7, 11) is 0. The first-order valence-electron chi connectivity index (χ1n) is 5.99. The Morgan fingerprint density at radius 2 is 2.00 bits per heavy atom. The van der Waals surface area contributed by atoms with Crippen LogP contribution in [-0.2, 0) is 0 Å². The van der Waals surface area contributed by atoms with Gasteiger partial charge in [0.15, 0.2) is 0 Å². The summed E-state index contributed by atoms with van der Waals surface area (Å²) in [4.78, 5) is 12.0. The standard InChI is InChI=1S/C14H18N2O/c1-11-7-6-8-12(2)16(11)15-14(17)13-9-4-3-5-10-13/h3-7,9-12H,8H2,1-2H3,(H,15,17)/t11-,12-/m0/s1. The predicted octanol–water partition coefficient (Wildman–Crippen LogP) is 2.37. The van der Waals surface area contributed by atoms with E-state index in [1.54, 1.807) is 0 Å². The Bertz CT molecular complexity index is 413. The second kappa shape index (κ2) is 5.15. The second-order valence-electron chi connectivity index (χ2n) is 4.47. The van der Waals surface area contributed by atoms with Crippen LogP contribution in [0.15, 0.2) is 42.5 Å². The quantitative estimate of drug-likeness (QED) is 0.791. The van der Waals surface area contributed by atoms with Crippen molar-refractivity contribution in [1.82, 2.24) is 10.4 Å². The number of benzene rings is 1. The van der Waals surface area contributed by atoms with Crippen LogP contribution in [0.4, 0.5) is 0 Å². The molecule has 3 heteroatoms. The number of nitrogens with one attached hydrogen (secondary N) is 1. The van der Waals surface area contributed by atoms with Crippen LogP contribution < -0.4 is 5.43 Å². The molecule has 0 unspecified atom stereocenters. The molecule has 0 bridgehead atoms. The van der Waals surface area contributed by atoms with Crippen molar-refractivity contribution in [2.45, 2.75) is 32.4 Å². The molecule has 2 atom stereocenters. The molecular formula is C14H18N2O. The number of hydrazine groups is 1. The van der Waals surface area contributed by atoms with Crippen molar-refractivity contribution in [2.75, 3.05) is 0 Å². The molecule has 1 N–H and O–H groups in total. The van der Waals surface area contributed by atoms with Gasteiger partial charge in [0.05, 0.1) is 0 Å². The molecule has 0 spiro atoms. The summed E-state index contributed by atoms with van der Waals surface area (Å²) in [5.74, 6) is -0.0420. The van der Waals surface area contributed by atoms with E-state index in [0.29, 0.717) is 11.6 Å². The lowest BCUT2D eigenvalue weighted by atomic mass is 10.1. The fraction of sp³-hybridized carbons (Fsp3) is 0.357. The van der Waals surface area contributed by atoms with E-state index in [1.807, 2.05) is 35.3 Å². The SMILES string of the molecule is C[C@H]1C=CC[C@H](C)N1NC(=O)c1ccccc1. The molecule has 1 aromatic rings. The van der Waals surface area contributed by atoms with E-state index >= 15 is 0 Å². The Balaban J connectivity index is 2.06. The molecule has 0 saturated carbocycles. The number of rotatable bonds is 2.